The normalized spacial score (nSPS) is 16.7. The van der Waals surface area contributed by atoms with Crippen LogP contribution < -0.4 is 15.0 Å². The zero-order valence-corrected chi connectivity index (χ0v) is 16.7. The van der Waals surface area contributed by atoms with E-state index in [0.717, 1.165) is 0 Å². The smallest absolute Gasteiger partial charge is 0.405 e. The number of nitrogens with one attached hydrogen (secondary N) is 1. The Bertz CT molecular complexity index is 762. The van der Waals surface area contributed by atoms with Crippen LogP contribution in [0.3, 0.4) is 0 Å². The van der Waals surface area contributed by atoms with Crippen LogP contribution in [-0.2, 0) is 9.59 Å². The van der Waals surface area contributed by atoms with Crippen molar-refractivity contribution in [2.75, 3.05) is 37.7 Å². The minimum atomic E-state index is -4.49. The van der Waals surface area contributed by atoms with Crippen molar-refractivity contribution in [2.24, 2.45) is 0 Å². The molecule has 1 saturated heterocycles. The van der Waals surface area contributed by atoms with Crippen molar-refractivity contribution in [3.63, 3.8) is 0 Å². The molecule has 1 aromatic carbocycles. The Kier molecular flexibility index (Phi) is 8.47. The van der Waals surface area contributed by atoms with E-state index in [1.54, 1.807) is 29.2 Å². The first-order valence-electron chi connectivity index (χ1n) is 9.74. The standard InChI is InChI=1S/C20H25F3N4O3/c1-2-30-16-8-6-15(7-9-16)27(12-4-10-24)18(28)13-26-11-3-5-17(26)19(29)25-14-20(21,22)23/h6-9,17H,2-5,11-14H2,1H3,(H,25,29). The van der Waals surface area contributed by atoms with E-state index in [4.69, 9.17) is 10.00 Å². The number of rotatable bonds is 9. The lowest BCUT2D eigenvalue weighted by Gasteiger charge is -2.28. The first-order valence-corrected chi connectivity index (χ1v) is 9.74. The molecule has 2 amide bonds. The Morgan fingerprint density at radius 1 is 1.33 bits per heavy atom. The second-order valence-electron chi connectivity index (χ2n) is 6.84. The zero-order chi connectivity index (χ0) is 22.1. The quantitative estimate of drug-likeness (QED) is 0.656. The van der Waals surface area contributed by atoms with Crippen molar-refractivity contribution >= 4 is 17.5 Å². The van der Waals surface area contributed by atoms with Crippen LogP contribution in [0.5, 0.6) is 5.75 Å². The molecule has 0 aromatic heterocycles. The van der Waals surface area contributed by atoms with Gasteiger partial charge in [-0.2, -0.15) is 18.4 Å². The monoisotopic (exact) mass is 426 g/mol. The molecule has 2 rings (SSSR count). The third kappa shape index (κ3) is 6.91. The molecule has 0 spiro atoms. The number of halogens is 3. The fourth-order valence-corrected chi connectivity index (χ4v) is 3.33. The number of alkyl halides is 3. The number of carbonyl (C=O) groups excluding carboxylic acids is 2. The summed E-state index contributed by atoms with van der Waals surface area (Å²) in [6, 6.07) is 8.07. The van der Waals surface area contributed by atoms with Crippen LogP contribution in [0, 0.1) is 11.3 Å². The van der Waals surface area contributed by atoms with Gasteiger partial charge in [0.15, 0.2) is 0 Å². The summed E-state index contributed by atoms with van der Waals surface area (Å²) in [6.07, 6.45) is -3.37. The van der Waals surface area contributed by atoms with E-state index in [0.29, 0.717) is 37.4 Å². The van der Waals surface area contributed by atoms with Gasteiger partial charge in [-0.3, -0.25) is 14.5 Å². The van der Waals surface area contributed by atoms with Crippen LogP contribution in [0.25, 0.3) is 0 Å². The fraction of sp³-hybridized carbons (Fsp3) is 0.550. The number of hydrogen-bond acceptors (Lipinski definition) is 5. The topological polar surface area (TPSA) is 85.7 Å². The van der Waals surface area contributed by atoms with Crippen LogP contribution >= 0.6 is 0 Å². The third-order valence-corrected chi connectivity index (χ3v) is 4.68. The van der Waals surface area contributed by atoms with Gasteiger partial charge in [0.25, 0.3) is 0 Å². The highest BCUT2D eigenvalue weighted by Crippen LogP contribution is 2.22. The van der Waals surface area contributed by atoms with Crippen molar-refractivity contribution in [2.45, 2.75) is 38.4 Å². The summed E-state index contributed by atoms with van der Waals surface area (Å²) in [4.78, 5) is 28.1. The molecule has 1 aliphatic rings. The van der Waals surface area contributed by atoms with Crippen molar-refractivity contribution in [1.29, 1.82) is 5.26 Å². The van der Waals surface area contributed by atoms with Crippen LogP contribution in [0.15, 0.2) is 24.3 Å². The van der Waals surface area contributed by atoms with Crippen LogP contribution in [0.1, 0.15) is 26.2 Å². The number of anilines is 1. The summed E-state index contributed by atoms with van der Waals surface area (Å²) in [5.41, 5.74) is 0.580. The summed E-state index contributed by atoms with van der Waals surface area (Å²) < 4.78 is 42.5. The van der Waals surface area contributed by atoms with E-state index in [-0.39, 0.29) is 25.4 Å². The summed E-state index contributed by atoms with van der Waals surface area (Å²) >= 11 is 0. The SMILES string of the molecule is CCOc1ccc(N(CCC#N)C(=O)CN2CCCC2C(=O)NCC(F)(F)F)cc1. The highest BCUT2D eigenvalue weighted by Gasteiger charge is 2.35. The summed E-state index contributed by atoms with van der Waals surface area (Å²) in [5.74, 6) is -0.415. The van der Waals surface area contributed by atoms with Crippen molar-refractivity contribution in [3.8, 4) is 11.8 Å². The van der Waals surface area contributed by atoms with Gasteiger partial charge in [0.1, 0.15) is 12.3 Å². The van der Waals surface area contributed by atoms with Gasteiger partial charge in [-0.1, -0.05) is 0 Å². The maximum absolute atomic E-state index is 12.9. The Labute approximate surface area is 173 Å². The average Bonchev–Trinajstić information content (AvgIpc) is 3.15. The Balaban J connectivity index is 2.06. The molecule has 0 radical (unpaired) electrons. The van der Waals surface area contributed by atoms with Gasteiger partial charge >= 0.3 is 6.18 Å². The molecule has 1 aliphatic heterocycles. The minimum absolute atomic E-state index is 0.119. The van der Waals surface area contributed by atoms with E-state index >= 15 is 0 Å². The highest BCUT2D eigenvalue weighted by molar-refractivity contribution is 5.95. The second kappa shape index (κ2) is 10.8. The van der Waals surface area contributed by atoms with E-state index in [2.05, 4.69) is 0 Å². The fourth-order valence-electron chi connectivity index (χ4n) is 3.33. The van der Waals surface area contributed by atoms with Gasteiger partial charge < -0.3 is 15.0 Å². The molecule has 0 bridgehead atoms. The number of nitrogens with zero attached hydrogens (tertiary/aromatic N) is 3. The third-order valence-electron chi connectivity index (χ3n) is 4.68. The predicted molar refractivity (Wildman–Crippen MR) is 104 cm³/mol. The van der Waals surface area contributed by atoms with Gasteiger partial charge in [-0.25, -0.2) is 0 Å². The summed E-state index contributed by atoms with van der Waals surface area (Å²) in [5, 5.41) is 10.8. The number of ether oxygens (including phenoxy) is 1. The average molecular weight is 426 g/mol. The lowest BCUT2D eigenvalue weighted by atomic mass is 10.2. The molecule has 1 aromatic rings. The van der Waals surface area contributed by atoms with Gasteiger partial charge in [0.05, 0.1) is 31.7 Å². The molecule has 1 N–H and O–H groups in total. The van der Waals surface area contributed by atoms with Crippen molar-refractivity contribution < 1.29 is 27.5 Å². The van der Waals surface area contributed by atoms with Crippen molar-refractivity contribution in [1.82, 2.24) is 10.2 Å². The molecule has 7 nitrogen and oxygen atoms in total. The van der Waals surface area contributed by atoms with Crippen LogP contribution in [0.4, 0.5) is 18.9 Å². The number of benzene rings is 1. The lowest BCUT2D eigenvalue weighted by Crippen LogP contribution is -2.49. The number of hydrogen-bond donors (Lipinski definition) is 1. The molecule has 30 heavy (non-hydrogen) atoms. The lowest BCUT2D eigenvalue weighted by molar-refractivity contribution is -0.141. The molecular formula is C20H25F3N4O3. The van der Waals surface area contributed by atoms with Gasteiger partial charge in [0, 0.05) is 12.2 Å². The molecule has 164 valence electrons. The molecule has 0 saturated carbocycles. The molecule has 1 unspecified atom stereocenters. The minimum Gasteiger partial charge on any atom is -0.494 e. The van der Waals surface area contributed by atoms with Crippen LogP contribution in [0.2, 0.25) is 0 Å². The first-order chi connectivity index (χ1) is 14.2. The molecule has 10 heteroatoms. The molecule has 1 atom stereocenters. The van der Waals surface area contributed by atoms with Crippen LogP contribution in [-0.4, -0.2) is 61.7 Å². The number of carbonyl (C=O) groups is 2. The molecular weight excluding hydrogens is 401 g/mol. The summed E-state index contributed by atoms with van der Waals surface area (Å²) in [6.45, 7) is 1.44. The number of likely N-dealkylation sites (tertiary alicyclic amines) is 1. The van der Waals surface area contributed by atoms with E-state index in [1.165, 1.54) is 4.90 Å². The van der Waals surface area contributed by atoms with E-state index < -0.39 is 24.7 Å². The predicted octanol–water partition coefficient (Wildman–Crippen LogP) is 2.47. The van der Waals surface area contributed by atoms with Gasteiger partial charge in [-0.05, 0) is 50.6 Å². The Morgan fingerprint density at radius 3 is 2.63 bits per heavy atom. The van der Waals surface area contributed by atoms with Gasteiger partial charge in [-0.15, -0.1) is 0 Å². The zero-order valence-electron chi connectivity index (χ0n) is 16.7. The maximum Gasteiger partial charge on any atom is 0.405 e. The van der Waals surface area contributed by atoms with Crippen molar-refractivity contribution in [3.05, 3.63) is 24.3 Å². The Morgan fingerprint density at radius 2 is 2.03 bits per heavy atom. The van der Waals surface area contributed by atoms with E-state index in [1.807, 2.05) is 18.3 Å². The molecule has 1 heterocycles. The number of amides is 2. The van der Waals surface area contributed by atoms with E-state index in [9.17, 15) is 22.8 Å². The summed E-state index contributed by atoms with van der Waals surface area (Å²) in [7, 11) is 0. The number of nitriles is 1. The molecule has 1 fully saturated rings. The molecule has 0 aliphatic carbocycles. The maximum atomic E-state index is 12.9. The highest BCUT2D eigenvalue weighted by atomic mass is 19.4. The largest absolute Gasteiger partial charge is 0.494 e. The first kappa shape index (κ1) is 23.5. The second-order valence-corrected chi connectivity index (χ2v) is 6.84. The Hall–Kier alpha value is -2.80. The van der Waals surface area contributed by atoms with Gasteiger partial charge in [0.2, 0.25) is 11.8 Å².